The zero-order chi connectivity index (χ0) is 12.1. The van der Waals surface area contributed by atoms with E-state index in [1.165, 1.54) is 0 Å². The molecule has 1 aromatic carbocycles. The molecule has 0 aliphatic rings. The predicted molar refractivity (Wildman–Crippen MR) is 83.2 cm³/mol. The van der Waals surface area contributed by atoms with E-state index in [-0.39, 0.29) is 0 Å². The van der Waals surface area contributed by atoms with Crippen LogP contribution in [0.1, 0.15) is 0 Å². The van der Waals surface area contributed by atoms with Gasteiger partial charge in [0.25, 0.3) is 0 Å². The van der Waals surface area contributed by atoms with Crippen LogP contribution in [0, 0.1) is 3.57 Å². The van der Waals surface area contributed by atoms with E-state index < -0.39 is 0 Å². The summed E-state index contributed by atoms with van der Waals surface area (Å²) in [6.45, 7) is 0. The fourth-order valence-corrected chi connectivity index (χ4v) is 2.01. The summed E-state index contributed by atoms with van der Waals surface area (Å²) in [7, 11) is 0. The Labute approximate surface area is 119 Å². The minimum absolute atomic E-state index is 0.535. The molecule has 0 radical (unpaired) electrons. The van der Waals surface area contributed by atoms with Crippen LogP contribution in [0.4, 0.5) is 11.5 Å². The summed E-state index contributed by atoms with van der Waals surface area (Å²) in [6, 6.07) is 13.6. The van der Waals surface area contributed by atoms with Crippen LogP contribution in [0.15, 0.2) is 48.7 Å². The van der Waals surface area contributed by atoms with Gasteiger partial charge >= 0.3 is 0 Å². The third-order valence-electron chi connectivity index (χ3n) is 2.03. The molecule has 0 saturated carbocycles. The molecule has 3 nitrogen and oxygen atoms in total. The predicted octanol–water partition coefficient (Wildman–Crippen LogP) is 3.50. The van der Waals surface area contributed by atoms with Crippen LogP contribution in [-0.2, 0) is 0 Å². The smallest absolute Gasteiger partial charge is 0.176 e. The highest BCUT2D eigenvalue weighted by Crippen LogP contribution is 2.17. The number of benzene rings is 1. The molecule has 0 saturated heterocycles. The minimum atomic E-state index is 0.535. The Hall–Kier alpha value is -1.21. The van der Waals surface area contributed by atoms with Crippen molar-refractivity contribution in [3.05, 3.63) is 52.2 Å². The lowest BCUT2D eigenvalue weighted by molar-refractivity contribution is 1.32. The van der Waals surface area contributed by atoms with Crippen LogP contribution in [-0.4, -0.2) is 10.1 Å². The first-order valence-corrected chi connectivity index (χ1v) is 6.48. The largest absolute Gasteiger partial charge is 0.332 e. The molecule has 0 aliphatic carbocycles. The van der Waals surface area contributed by atoms with Crippen LogP contribution in [0.2, 0.25) is 0 Å². The highest BCUT2D eigenvalue weighted by atomic mass is 127. The number of aromatic nitrogens is 1. The summed E-state index contributed by atoms with van der Waals surface area (Å²) in [4.78, 5) is 4.14. The van der Waals surface area contributed by atoms with Gasteiger partial charge in [0.1, 0.15) is 5.82 Å². The third-order valence-corrected chi connectivity index (χ3v) is 3.17. The van der Waals surface area contributed by atoms with E-state index in [1.807, 2.05) is 42.5 Å². The van der Waals surface area contributed by atoms with E-state index >= 15 is 0 Å². The Morgan fingerprint density at radius 1 is 1.06 bits per heavy atom. The molecular weight excluding hydrogens is 345 g/mol. The van der Waals surface area contributed by atoms with E-state index in [0.717, 1.165) is 15.1 Å². The molecule has 5 heteroatoms. The van der Waals surface area contributed by atoms with Crippen molar-refractivity contribution in [1.82, 2.24) is 4.98 Å². The molecule has 2 aromatic rings. The zero-order valence-electron chi connectivity index (χ0n) is 8.85. The standard InChI is InChI=1S/C12H10IN3S/c13-9-5-1-2-6-10(9)15-12(17)16-11-7-3-4-8-14-11/h1-8H,(H2,14,15,16,17). The number of hydrogen-bond donors (Lipinski definition) is 2. The first-order valence-electron chi connectivity index (χ1n) is 4.99. The molecule has 1 aromatic heterocycles. The molecule has 0 aliphatic heterocycles. The number of anilines is 2. The van der Waals surface area contributed by atoms with E-state index in [0.29, 0.717) is 5.11 Å². The Morgan fingerprint density at radius 2 is 1.82 bits per heavy atom. The highest BCUT2D eigenvalue weighted by molar-refractivity contribution is 14.1. The van der Waals surface area contributed by atoms with Crippen LogP contribution in [0.3, 0.4) is 0 Å². The number of para-hydroxylation sites is 1. The van der Waals surface area contributed by atoms with Gasteiger partial charge in [-0.05, 0) is 59.1 Å². The average Bonchev–Trinajstić information content (AvgIpc) is 2.33. The lowest BCUT2D eigenvalue weighted by Gasteiger charge is -2.10. The van der Waals surface area contributed by atoms with Gasteiger partial charge in [-0.15, -0.1) is 0 Å². The Kier molecular flexibility index (Phi) is 4.27. The zero-order valence-corrected chi connectivity index (χ0v) is 11.8. The van der Waals surface area contributed by atoms with Crippen molar-refractivity contribution in [2.24, 2.45) is 0 Å². The summed E-state index contributed by atoms with van der Waals surface area (Å²) >= 11 is 7.47. The van der Waals surface area contributed by atoms with Crippen LogP contribution < -0.4 is 10.6 Å². The monoisotopic (exact) mass is 355 g/mol. The molecule has 0 bridgehead atoms. The Morgan fingerprint density at radius 3 is 2.53 bits per heavy atom. The summed E-state index contributed by atoms with van der Waals surface area (Å²) in [6.07, 6.45) is 1.72. The fourth-order valence-electron chi connectivity index (χ4n) is 1.27. The molecule has 2 rings (SSSR count). The number of hydrogen-bond acceptors (Lipinski definition) is 2. The van der Waals surface area contributed by atoms with Gasteiger partial charge in [0.05, 0.1) is 5.69 Å². The topological polar surface area (TPSA) is 37.0 Å². The van der Waals surface area contributed by atoms with Crippen molar-refractivity contribution in [3.63, 3.8) is 0 Å². The second-order valence-electron chi connectivity index (χ2n) is 3.27. The van der Waals surface area contributed by atoms with E-state index in [2.05, 4.69) is 38.2 Å². The van der Waals surface area contributed by atoms with Crippen molar-refractivity contribution in [3.8, 4) is 0 Å². The van der Waals surface area contributed by atoms with Gasteiger partial charge in [-0.3, -0.25) is 0 Å². The maximum absolute atomic E-state index is 5.21. The molecular formula is C12H10IN3S. The molecule has 0 amide bonds. The van der Waals surface area contributed by atoms with Gasteiger partial charge < -0.3 is 10.6 Å². The van der Waals surface area contributed by atoms with Gasteiger partial charge in [0, 0.05) is 9.77 Å². The number of rotatable bonds is 2. The Bertz CT molecular complexity index is 516. The molecule has 0 fully saturated rings. The third kappa shape index (κ3) is 3.64. The van der Waals surface area contributed by atoms with Crippen LogP contribution in [0.5, 0.6) is 0 Å². The van der Waals surface area contributed by atoms with Crippen molar-refractivity contribution in [2.75, 3.05) is 10.6 Å². The summed E-state index contributed by atoms with van der Waals surface area (Å²) < 4.78 is 1.12. The fraction of sp³-hybridized carbons (Fsp3) is 0. The van der Waals surface area contributed by atoms with Crippen LogP contribution in [0.25, 0.3) is 0 Å². The maximum atomic E-state index is 5.21. The number of halogens is 1. The average molecular weight is 355 g/mol. The van der Waals surface area contributed by atoms with E-state index in [4.69, 9.17) is 12.2 Å². The van der Waals surface area contributed by atoms with Crippen molar-refractivity contribution in [2.45, 2.75) is 0 Å². The molecule has 0 atom stereocenters. The number of nitrogens with one attached hydrogen (secondary N) is 2. The molecule has 86 valence electrons. The number of pyridine rings is 1. The number of nitrogens with zero attached hydrogens (tertiary/aromatic N) is 1. The normalized spacial score (nSPS) is 9.71. The van der Waals surface area contributed by atoms with Gasteiger partial charge in [0.15, 0.2) is 5.11 Å². The SMILES string of the molecule is S=C(Nc1ccccn1)Nc1ccccc1I. The first-order chi connectivity index (χ1) is 8.25. The molecule has 0 unspecified atom stereocenters. The minimum Gasteiger partial charge on any atom is -0.332 e. The van der Waals surface area contributed by atoms with Gasteiger partial charge in [0.2, 0.25) is 0 Å². The van der Waals surface area contributed by atoms with Crippen molar-refractivity contribution < 1.29 is 0 Å². The first kappa shape index (κ1) is 12.3. The van der Waals surface area contributed by atoms with Gasteiger partial charge in [-0.1, -0.05) is 18.2 Å². The highest BCUT2D eigenvalue weighted by Gasteiger charge is 2.01. The van der Waals surface area contributed by atoms with E-state index in [9.17, 15) is 0 Å². The van der Waals surface area contributed by atoms with Crippen molar-refractivity contribution >= 4 is 51.4 Å². The summed E-state index contributed by atoms with van der Waals surface area (Å²) in [5.74, 6) is 0.732. The van der Waals surface area contributed by atoms with E-state index in [1.54, 1.807) is 6.20 Å². The quantitative estimate of drug-likeness (QED) is 0.639. The lowest BCUT2D eigenvalue weighted by atomic mass is 10.3. The van der Waals surface area contributed by atoms with Gasteiger partial charge in [-0.25, -0.2) is 4.98 Å². The number of thiocarbonyl (C=S) groups is 1. The second kappa shape index (κ2) is 5.92. The molecule has 1 heterocycles. The second-order valence-corrected chi connectivity index (χ2v) is 4.84. The Balaban J connectivity index is 2.01. The lowest BCUT2D eigenvalue weighted by Crippen LogP contribution is -2.20. The molecule has 17 heavy (non-hydrogen) atoms. The molecule has 2 N–H and O–H groups in total. The summed E-state index contributed by atoms with van der Waals surface area (Å²) in [5.41, 5.74) is 0.988. The van der Waals surface area contributed by atoms with Crippen LogP contribution >= 0.6 is 34.8 Å². The maximum Gasteiger partial charge on any atom is 0.176 e. The molecule has 0 spiro atoms. The van der Waals surface area contributed by atoms with Crippen molar-refractivity contribution in [1.29, 1.82) is 0 Å². The summed E-state index contributed by atoms with van der Waals surface area (Å²) in [5, 5.41) is 6.69. The van der Waals surface area contributed by atoms with Gasteiger partial charge in [-0.2, -0.15) is 0 Å².